The fraction of sp³-hybridized carbons (Fsp3) is 0.346. The first-order valence-corrected chi connectivity index (χ1v) is 11.0. The Kier molecular flexibility index (Phi) is 5.26. The van der Waals surface area contributed by atoms with Gasteiger partial charge in [0, 0.05) is 48.8 Å². The predicted molar refractivity (Wildman–Crippen MR) is 120 cm³/mol. The van der Waals surface area contributed by atoms with Crippen LogP contribution in [0.25, 0.3) is 28.0 Å². The fourth-order valence-corrected chi connectivity index (χ4v) is 5.27. The van der Waals surface area contributed by atoms with E-state index in [0.29, 0.717) is 6.04 Å². The number of nitrogens with one attached hydrogen (secondary N) is 1. The van der Waals surface area contributed by atoms with Crippen molar-refractivity contribution in [2.24, 2.45) is 5.92 Å². The molecule has 0 saturated carbocycles. The Bertz CT molecular complexity index is 1040. The fourth-order valence-electron chi connectivity index (χ4n) is 5.27. The summed E-state index contributed by atoms with van der Waals surface area (Å²) in [5, 5.41) is 0. The molecular formula is C26H28FN3. The van der Waals surface area contributed by atoms with E-state index in [2.05, 4.69) is 46.2 Å². The third-order valence-electron chi connectivity index (χ3n) is 6.67. The van der Waals surface area contributed by atoms with Crippen molar-refractivity contribution >= 4 is 5.57 Å². The van der Waals surface area contributed by atoms with E-state index in [1.165, 1.54) is 54.6 Å². The minimum absolute atomic E-state index is 0.214. The number of aromatic nitrogens is 2. The number of halogens is 1. The molecule has 4 heteroatoms. The highest BCUT2D eigenvalue weighted by atomic mass is 19.1. The Hall–Kier alpha value is -2.72. The van der Waals surface area contributed by atoms with Crippen LogP contribution in [0.15, 0.2) is 61.1 Å². The lowest BCUT2D eigenvalue weighted by molar-refractivity contribution is 0.271. The molecule has 2 aliphatic heterocycles. The molecule has 1 aromatic carbocycles. The molecule has 2 aliphatic rings. The van der Waals surface area contributed by atoms with Crippen molar-refractivity contribution < 1.29 is 4.39 Å². The molecule has 1 fully saturated rings. The van der Waals surface area contributed by atoms with Crippen molar-refractivity contribution in [3.8, 4) is 22.4 Å². The molecule has 1 N–H and O–H groups in total. The Balaban J connectivity index is 1.52. The van der Waals surface area contributed by atoms with Gasteiger partial charge in [-0.25, -0.2) is 4.39 Å². The van der Waals surface area contributed by atoms with Crippen LogP contribution >= 0.6 is 0 Å². The highest BCUT2D eigenvalue weighted by Crippen LogP contribution is 2.42. The number of benzene rings is 1. The lowest BCUT2D eigenvalue weighted by Gasteiger charge is -2.29. The van der Waals surface area contributed by atoms with Crippen molar-refractivity contribution in [1.29, 1.82) is 0 Å². The minimum atomic E-state index is -0.214. The average molecular weight is 402 g/mol. The van der Waals surface area contributed by atoms with Gasteiger partial charge in [-0.05, 0) is 78.3 Å². The minimum Gasteiger partial charge on any atom is -0.360 e. The van der Waals surface area contributed by atoms with E-state index in [9.17, 15) is 4.39 Å². The lowest BCUT2D eigenvalue weighted by Crippen LogP contribution is -2.33. The van der Waals surface area contributed by atoms with E-state index < -0.39 is 0 Å². The van der Waals surface area contributed by atoms with Crippen molar-refractivity contribution in [2.45, 2.75) is 38.6 Å². The van der Waals surface area contributed by atoms with Crippen LogP contribution in [0.5, 0.6) is 0 Å². The molecule has 1 saturated heterocycles. The molecule has 0 radical (unpaired) electrons. The maximum atomic E-state index is 13.5. The monoisotopic (exact) mass is 401 g/mol. The first kappa shape index (κ1) is 19.3. The zero-order valence-corrected chi connectivity index (χ0v) is 17.4. The topological polar surface area (TPSA) is 31.9 Å². The molecule has 0 bridgehead atoms. The standard InChI is InChI=1S/C26H28FN3/c1-2-3-18-14-23-15-21(10-13-30(23)17-18)24-16-29-26(20-4-6-22(27)7-5-20)25(24)19-8-11-28-12-9-19/h4-12,16,18,23,29H,2-3,13-15,17H2,1H3/t18?,23-/m0/s1. The van der Waals surface area contributed by atoms with Crippen LogP contribution in [0.3, 0.4) is 0 Å². The van der Waals surface area contributed by atoms with Gasteiger partial charge in [0.1, 0.15) is 5.82 Å². The van der Waals surface area contributed by atoms with Gasteiger partial charge in [0.2, 0.25) is 0 Å². The van der Waals surface area contributed by atoms with Gasteiger partial charge in [0.25, 0.3) is 0 Å². The van der Waals surface area contributed by atoms with Crippen LogP contribution in [-0.4, -0.2) is 34.0 Å². The molecule has 3 aromatic rings. The van der Waals surface area contributed by atoms with Gasteiger partial charge >= 0.3 is 0 Å². The van der Waals surface area contributed by atoms with Crippen molar-refractivity contribution in [2.75, 3.05) is 13.1 Å². The van der Waals surface area contributed by atoms with Gasteiger partial charge < -0.3 is 4.98 Å². The van der Waals surface area contributed by atoms with Gasteiger partial charge in [-0.3, -0.25) is 9.88 Å². The molecule has 0 aliphatic carbocycles. The van der Waals surface area contributed by atoms with E-state index in [1.807, 2.05) is 24.5 Å². The Morgan fingerprint density at radius 2 is 1.90 bits per heavy atom. The molecule has 0 spiro atoms. The number of nitrogens with zero attached hydrogens (tertiary/aromatic N) is 2. The SMILES string of the molecule is CCCC1C[C@H]2CC(c3c[nH]c(-c4ccc(F)cc4)c3-c3ccncc3)=CCN2C1. The summed E-state index contributed by atoms with van der Waals surface area (Å²) in [6, 6.07) is 11.5. The van der Waals surface area contributed by atoms with Crippen LogP contribution in [0.4, 0.5) is 4.39 Å². The molecular weight excluding hydrogens is 373 g/mol. The summed E-state index contributed by atoms with van der Waals surface area (Å²) in [7, 11) is 0. The first-order valence-electron chi connectivity index (χ1n) is 11.0. The number of hydrogen-bond donors (Lipinski definition) is 1. The summed E-state index contributed by atoms with van der Waals surface area (Å²) in [4.78, 5) is 10.4. The van der Waals surface area contributed by atoms with Crippen LogP contribution in [-0.2, 0) is 0 Å². The van der Waals surface area contributed by atoms with Crippen LogP contribution < -0.4 is 0 Å². The second-order valence-electron chi connectivity index (χ2n) is 8.63. The summed E-state index contributed by atoms with van der Waals surface area (Å²) in [5.41, 5.74) is 7.04. The Labute approximate surface area is 177 Å². The van der Waals surface area contributed by atoms with Crippen LogP contribution in [0.2, 0.25) is 0 Å². The third-order valence-corrected chi connectivity index (χ3v) is 6.67. The van der Waals surface area contributed by atoms with Crippen molar-refractivity contribution in [1.82, 2.24) is 14.9 Å². The predicted octanol–water partition coefficient (Wildman–Crippen LogP) is 6.16. The van der Waals surface area contributed by atoms with E-state index >= 15 is 0 Å². The molecule has 2 atom stereocenters. The van der Waals surface area contributed by atoms with Gasteiger partial charge in [-0.2, -0.15) is 0 Å². The van der Waals surface area contributed by atoms with E-state index in [4.69, 9.17) is 0 Å². The zero-order chi connectivity index (χ0) is 20.5. The first-order chi connectivity index (χ1) is 14.7. The summed E-state index contributed by atoms with van der Waals surface area (Å²) >= 11 is 0. The normalized spacial score (nSPS) is 21.5. The van der Waals surface area contributed by atoms with Gasteiger partial charge in [-0.1, -0.05) is 19.4 Å². The number of rotatable bonds is 5. The summed E-state index contributed by atoms with van der Waals surface area (Å²) in [6.45, 7) is 4.57. The second-order valence-corrected chi connectivity index (χ2v) is 8.63. The largest absolute Gasteiger partial charge is 0.360 e. The number of H-pyrrole nitrogens is 1. The highest BCUT2D eigenvalue weighted by molar-refractivity contribution is 5.91. The molecule has 154 valence electrons. The van der Waals surface area contributed by atoms with Crippen molar-refractivity contribution in [3.05, 3.63) is 72.4 Å². The highest BCUT2D eigenvalue weighted by Gasteiger charge is 2.34. The van der Waals surface area contributed by atoms with E-state index in [0.717, 1.165) is 35.7 Å². The van der Waals surface area contributed by atoms with Gasteiger partial charge in [0.15, 0.2) is 0 Å². The zero-order valence-electron chi connectivity index (χ0n) is 17.4. The van der Waals surface area contributed by atoms with E-state index in [-0.39, 0.29) is 5.82 Å². The quantitative estimate of drug-likeness (QED) is 0.555. The molecule has 2 aromatic heterocycles. The molecule has 4 heterocycles. The lowest BCUT2D eigenvalue weighted by atomic mass is 9.89. The Morgan fingerprint density at radius 3 is 2.67 bits per heavy atom. The maximum Gasteiger partial charge on any atom is 0.123 e. The second kappa shape index (κ2) is 8.19. The molecule has 5 rings (SSSR count). The van der Waals surface area contributed by atoms with Gasteiger partial charge in [-0.15, -0.1) is 0 Å². The number of aromatic amines is 1. The Morgan fingerprint density at radius 1 is 1.10 bits per heavy atom. The van der Waals surface area contributed by atoms with Gasteiger partial charge in [0.05, 0.1) is 5.69 Å². The maximum absolute atomic E-state index is 13.5. The average Bonchev–Trinajstić information content (AvgIpc) is 3.38. The molecule has 30 heavy (non-hydrogen) atoms. The number of pyridine rings is 1. The number of hydrogen-bond acceptors (Lipinski definition) is 2. The summed E-state index contributed by atoms with van der Waals surface area (Å²) in [5.74, 6) is 0.627. The van der Waals surface area contributed by atoms with Crippen LogP contribution in [0.1, 0.15) is 38.2 Å². The summed E-state index contributed by atoms with van der Waals surface area (Å²) < 4.78 is 13.5. The van der Waals surface area contributed by atoms with Crippen LogP contribution in [0, 0.1) is 11.7 Å². The molecule has 0 amide bonds. The van der Waals surface area contributed by atoms with E-state index in [1.54, 1.807) is 0 Å². The molecule has 1 unspecified atom stereocenters. The summed E-state index contributed by atoms with van der Waals surface area (Å²) in [6.07, 6.45) is 13.2. The van der Waals surface area contributed by atoms with Crippen molar-refractivity contribution in [3.63, 3.8) is 0 Å². The number of fused-ring (bicyclic) bond motifs is 1. The molecule has 3 nitrogen and oxygen atoms in total. The third kappa shape index (κ3) is 3.61. The smallest absolute Gasteiger partial charge is 0.123 e.